The van der Waals surface area contributed by atoms with Crippen LogP contribution in [0.3, 0.4) is 0 Å². The molecule has 0 saturated carbocycles. The fourth-order valence-corrected chi connectivity index (χ4v) is 4.30. The standard InChI is InChI=1S/C28H24ClNO5/c1-3-35-23(31)16-18-7-13-22(14-8-18)30-25(20-6-4-5-17(2)15-20)24(27(33)28(30)34)26(32)19-9-11-21(29)12-10-19/h4-15,25,32H,3,16H2,1-2H3/b26-24-. The number of carbonyl (C=O) groups is 3. The number of aliphatic hydroxyl groups is 1. The Morgan fingerprint density at radius 2 is 1.71 bits per heavy atom. The highest BCUT2D eigenvalue weighted by Gasteiger charge is 2.47. The zero-order chi connectivity index (χ0) is 25.1. The van der Waals surface area contributed by atoms with Gasteiger partial charge in [0.2, 0.25) is 0 Å². The molecular weight excluding hydrogens is 466 g/mol. The van der Waals surface area contributed by atoms with Gasteiger partial charge in [0.1, 0.15) is 5.76 Å². The number of anilines is 1. The van der Waals surface area contributed by atoms with Gasteiger partial charge in [-0.2, -0.15) is 0 Å². The molecule has 1 saturated heterocycles. The molecule has 0 spiro atoms. The van der Waals surface area contributed by atoms with E-state index in [4.69, 9.17) is 16.3 Å². The molecule has 0 bridgehead atoms. The van der Waals surface area contributed by atoms with Gasteiger partial charge < -0.3 is 9.84 Å². The van der Waals surface area contributed by atoms with Crippen molar-refractivity contribution in [1.29, 1.82) is 0 Å². The van der Waals surface area contributed by atoms with E-state index >= 15 is 0 Å². The Morgan fingerprint density at radius 3 is 2.34 bits per heavy atom. The van der Waals surface area contributed by atoms with E-state index in [1.165, 1.54) is 4.90 Å². The first-order chi connectivity index (χ1) is 16.8. The zero-order valence-corrected chi connectivity index (χ0v) is 20.1. The van der Waals surface area contributed by atoms with Gasteiger partial charge in [-0.25, -0.2) is 0 Å². The second kappa shape index (κ2) is 10.2. The summed E-state index contributed by atoms with van der Waals surface area (Å²) in [6, 6.07) is 19.9. The first kappa shape index (κ1) is 24.2. The number of carbonyl (C=O) groups excluding carboxylic acids is 3. The third-order valence-corrected chi connectivity index (χ3v) is 6.04. The summed E-state index contributed by atoms with van der Waals surface area (Å²) in [5.41, 5.74) is 3.21. The van der Waals surface area contributed by atoms with Crippen molar-refractivity contribution in [3.8, 4) is 0 Å². The van der Waals surface area contributed by atoms with E-state index in [0.29, 0.717) is 28.4 Å². The first-order valence-electron chi connectivity index (χ1n) is 11.2. The number of hydrogen-bond donors (Lipinski definition) is 1. The molecular formula is C28H24ClNO5. The average Bonchev–Trinajstić information content (AvgIpc) is 3.10. The number of ether oxygens (including phenoxy) is 1. The van der Waals surface area contributed by atoms with Crippen LogP contribution in [-0.4, -0.2) is 29.4 Å². The van der Waals surface area contributed by atoms with Gasteiger partial charge >= 0.3 is 5.97 Å². The summed E-state index contributed by atoms with van der Waals surface area (Å²) in [7, 11) is 0. The molecule has 0 radical (unpaired) electrons. The van der Waals surface area contributed by atoms with E-state index in [-0.39, 0.29) is 23.7 Å². The Balaban J connectivity index is 1.81. The quantitative estimate of drug-likeness (QED) is 0.217. The second-order valence-corrected chi connectivity index (χ2v) is 8.67. The van der Waals surface area contributed by atoms with Crippen molar-refractivity contribution < 1.29 is 24.2 Å². The molecule has 1 amide bonds. The molecule has 3 aromatic carbocycles. The summed E-state index contributed by atoms with van der Waals surface area (Å²) >= 11 is 5.98. The second-order valence-electron chi connectivity index (χ2n) is 8.24. The lowest BCUT2D eigenvalue weighted by atomic mass is 9.94. The smallest absolute Gasteiger partial charge is 0.310 e. The fraction of sp³-hybridized carbons (Fsp3) is 0.179. The Morgan fingerprint density at radius 1 is 1.03 bits per heavy atom. The van der Waals surface area contributed by atoms with Crippen molar-refractivity contribution in [2.45, 2.75) is 26.3 Å². The van der Waals surface area contributed by atoms with E-state index in [1.807, 2.05) is 31.2 Å². The van der Waals surface area contributed by atoms with Gasteiger partial charge in [-0.1, -0.05) is 53.6 Å². The van der Waals surface area contributed by atoms with Gasteiger partial charge in [0.05, 0.1) is 24.6 Å². The van der Waals surface area contributed by atoms with Crippen molar-refractivity contribution in [1.82, 2.24) is 0 Å². The minimum atomic E-state index is -0.832. The number of Topliss-reactive ketones (excluding diaryl/α,β-unsaturated/α-hetero) is 1. The van der Waals surface area contributed by atoms with Gasteiger partial charge in [-0.3, -0.25) is 19.3 Å². The van der Waals surface area contributed by atoms with Crippen molar-refractivity contribution >= 4 is 40.7 Å². The van der Waals surface area contributed by atoms with Gasteiger partial charge in [-0.15, -0.1) is 0 Å². The summed E-state index contributed by atoms with van der Waals surface area (Å²) in [5.74, 6) is -2.14. The molecule has 1 aliphatic heterocycles. The molecule has 1 N–H and O–H groups in total. The number of amides is 1. The number of nitrogens with zero attached hydrogens (tertiary/aromatic N) is 1. The van der Waals surface area contributed by atoms with Crippen molar-refractivity contribution in [3.63, 3.8) is 0 Å². The number of ketones is 1. The van der Waals surface area contributed by atoms with Crippen LogP contribution in [0, 0.1) is 6.92 Å². The molecule has 6 nitrogen and oxygen atoms in total. The Bertz CT molecular complexity index is 1310. The number of esters is 1. The molecule has 1 fully saturated rings. The maximum Gasteiger partial charge on any atom is 0.310 e. The number of aliphatic hydroxyl groups excluding tert-OH is 1. The number of halogens is 1. The van der Waals surface area contributed by atoms with Crippen LogP contribution in [0.2, 0.25) is 5.02 Å². The summed E-state index contributed by atoms with van der Waals surface area (Å²) in [6.45, 7) is 3.96. The van der Waals surface area contributed by atoms with E-state index < -0.39 is 17.7 Å². The minimum Gasteiger partial charge on any atom is -0.507 e. The van der Waals surface area contributed by atoms with Gasteiger partial charge in [0.25, 0.3) is 11.7 Å². The molecule has 3 aromatic rings. The maximum atomic E-state index is 13.3. The SMILES string of the molecule is CCOC(=O)Cc1ccc(N2C(=O)C(=O)/C(=C(\O)c3ccc(Cl)cc3)C2c2cccc(C)c2)cc1. The van der Waals surface area contributed by atoms with Crippen LogP contribution in [0.25, 0.3) is 5.76 Å². The van der Waals surface area contributed by atoms with Gasteiger partial charge in [-0.05, 0) is 61.4 Å². The number of benzene rings is 3. The molecule has 1 unspecified atom stereocenters. The maximum absolute atomic E-state index is 13.3. The fourth-order valence-electron chi connectivity index (χ4n) is 4.17. The predicted molar refractivity (Wildman–Crippen MR) is 134 cm³/mol. The summed E-state index contributed by atoms with van der Waals surface area (Å²) in [4.78, 5) is 39.7. The third kappa shape index (κ3) is 4.98. The Labute approximate surface area is 208 Å². The highest BCUT2D eigenvalue weighted by Crippen LogP contribution is 2.42. The summed E-state index contributed by atoms with van der Waals surface area (Å²) in [5, 5.41) is 11.6. The van der Waals surface area contributed by atoms with Crippen LogP contribution in [0.1, 0.15) is 35.2 Å². The van der Waals surface area contributed by atoms with Gasteiger partial charge in [0.15, 0.2) is 0 Å². The molecule has 178 valence electrons. The lowest BCUT2D eigenvalue weighted by molar-refractivity contribution is -0.142. The molecule has 1 heterocycles. The largest absolute Gasteiger partial charge is 0.507 e. The predicted octanol–water partition coefficient (Wildman–Crippen LogP) is 5.38. The summed E-state index contributed by atoms with van der Waals surface area (Å²) in [6.07, 6.45) is 0.102. The van der Waals surface area contributed by atoms with Crippen LogP contribution >= 0.6 is 11.6 Å². The van der Waals surface area contributed by atoms with Crippen LogP contribution < -0.4 is 4.90 Å². The van der Waals surface area contributed by atoms with Gasteiger partial charge in [0, 0.05) is 16.3 Å². The number of aryl methyl sites for hydroxylation is 1. The average molecular weight is 490 g/mol. The highest BCUT2D eigenvalue weighted by molar-refractivity contribution is 6.51. The van der Waals surface area contributed by atoms with Crippen LogP contribution in [-0.2, 0) is 25.5 Å². The van der Waals surface area contributed by atoms with Crippen LogP contribution in [0.15, 0.2) is 78.4 Å². The normalized spacial score (nSPS) is 17.0. The van der Waals surface area contributed by atoms with E-state index in [1.54, 1.807) is 55.5 Å². The topological polar surface area (TPSA) is 83.9 Å². The third-order valence-electron chi connectivity index (χ3n) is 5.79. The zero-order valence-electron chi connectivity index (χ0n) is 19.3. The molecule has 7 heteroatoms. The molecule has 4 rings (SSSR count). The minimum absolute atomic E-state index is 0.00137. The molecule has 1 aliphatic rings. The monoisotopic (exact) mass is 489 g/mol. The lowest BCUT2D eigenvalue weighted by Crippen LogP contribution is -2.29. The van der Waals surface area contributed by atoms with Crippen LogP contribution in [0.5, 0.6) is 0 Å². The molecule has 0 aromatic heterocycles. The Hall–Kier alpha value is -3.90. The van der Waals surface area contributed by atoms with Crippen molar-refractivity contribution in [3.05, 3.63) is 106 Å². The van der Waals surface area contributed by atoms with E-state index in [9.17, 15) is 19.5 Å². The number of hydrogen-bond acceptors (Lipinski definition) is 5. The van der Waals surface area contributed by atoms with E-state index in [2.05, 4.69) is 0 Å². The molecule has 1 atom stereocenters. The summed E-state index contributed by atoms with van der Waals surface area (Å²) < 4.78 is 4.99. The highest BCUT2D eigenvalue weighted by atomic mass is 35.5. The van der Waals surface area contributed by atoms with Crippen molar-refractivity contribution in [2.75, 3.05) is 11.5 Å². The molecule has 35 heavy (non-hydrogen) atoms. The number of rotatable bonds is 6. The lowest BCUT2D eigenvalue weighted by Gasteiger charge is -2.26. The van der Waals surface area contributed by atoms with Crippen molar-refractivity contribution in [2.24, 2.45) is 0 Å². The van der Waals surface area contributed by atoms with E-state index in [0.717, 1.165) is 11.1 Å². The first-order valence-corrected chi connectivity index (χ1v) is 11.6. The molecule has 0 aliphatic carbocycles. The Kier molecular flexibility index (Phi) is 7.03. The van der Waals surface area contributed by atoms with Crippen LogP contribution in [0.4, 0.5) is 5.69 Å².